The molecule has 2 heteroatoms. The Bertz CT molecular complexity index is 381. The lowest BCUT2D eigenvalue weighted by Gasteiger charge is -2.32. The molecule has 0 bridgehead atoms. The van der Waals surface area contributed by atoms with Crippen molar-refractivity contribution in [3.05, 3.63) is 35.4 Å². The molecule has 0 amide bonds. The van der Waals surface area contributed by atoms with Gasteiger partial charge in [-0.2, -0.15) is 0 Å². The van der Waals surface area contributed by atoms with Crippen molar-refractivity contribution in [2.75, 3.05) is 19.6 Å². The molecule has 1 fully saturated rings. The van der Waals surface area contributed by atoms with Gasteiger partial charge in [0.1, 0.15) is 0 Å². The highest BCUT2D eigenvalue weighted by Gasteiger charge is 2.27. The summed E-state index contributed by atoms with van der Waals surface area (Å²) in [4.78, 5) is 2.60. The summed E-state index contributed by atoms with van der Waals surface area (Å²) in [6, 6.07) is 9.54. The highest BCUT2D eigenvalue weighted by Crippen LogP contribution is 2.22. The van der Waals surface area contributed by atoms with E-state index in [9.17, 15) is 0 Å². The SMILES string of the molecule is Cc1ccc(CN2CC(C)(C)CNCC2C)cc1. The molecule has 1 saturated heterocycles. The van der Waals surface area contributed by atoms with Crippen LogP contribution >= 0.6 is 0 Å². The summed E-state index contributed by atoms with van der Waals surface area (Å²) < 4.78 is 0. The van der Waals surface area contributed by atoms with Gasteiger partial charge < -0.3 is 5.32 Å². The van der Waals surface area contributed by atoms with Crippen molar-refractivity contribution in [3.8, 4) is 0 Å². The first-order valence-corrected chi connectivity index (χ1v) is 6.97. The zero-order valence-electron chi connectivity index (χ0n) is 12.2. The summed E-state index contributed by atoms with van der Waals surface area (Å²) in [5.74, 6) is 0. The second-order valence-corrected chi connectivity index (χ2v) is 6.53. The van der Waals surface area contributed by atoms with E-state index < -0.39 is 0 Å². The maximum absolute atomic E-state index is 3.57. The number of aryl methyl sites for hydroxylation is 1. The Morgan fingerprint density at radius 1 is 1.28 bits per heavy atom. The molecule has 100 valence electrons. The molecule has 1 aliphatic rings. The first kappa shape index (κ1) is 13.6. The van der Waals surface area contributed by atoms with E-state index >= 15 is 0 Å². The number of rotatable bonds is 2. The van der Waals surface area contributed by atoms with Gasteiger partial charge in [0, 0.05) is 32.2 Å². The predicted octanol–water partition coefficient (Wildman–Crippen LogP) is 2.81. The fourth-order valence-corrected chi connectivity index (χ4v) is 2.65. The van der Waals surface area contributed by atoms with Crippen molar-refractivity contribution in [3.63, 3.8) is 0 Å². The molecule has 2 rings (SSSR count). The Morgan fingerprint density at radius 2 is 1.94 bits per heavy atom. The van der Waals surface area contributed by atoms with Gasteiger partial charge in [0.25, 0.3) is 0 Å². The molecular weight excluding hydrogens is 220 g/mol. The fraction of sp³-hybridized carbons (Fsp3) is 0.625. The highest BCUT2D eigenvalue weighted by atomic mass is 15.2. The zero-order valence-corrected chi connectivity index (χ0v) is 12.2. The molecule has 2 nitrogen and oxygen atoms in total. The van der Waals surface area contributed by atoms with Gasteiger partial charge in [0.05, 0.1) is 0 Å². The molecule has 1 aromatic carbocycles. The molecule has 0 radical (unpaired) electrons. The quantitative estimate of drug-likeness (QED) is 0.863. The van der Waals surface area contributed by atoms with Crippen LogP contribution in [0.2, 0.25) is 0 Å². The fourth-order valence-electron chi connectivity index (χ4n) is 2.65. The maximum Gasteiger partial charge on any atom is 0.0237 e. The van der Waals surface area contributed by atoms with Crippen LogP contribution in [0.25, 0.3) is 0 Å². The Balaban J connectivity index is 2.07. The summed E-state index contributed by atoms with van der Waals surface area (Å²) in [7, 11) is 0. The zero-order chi connectivity index (χ0) is 13.2. The summed E-state index contributed by atoms with van der Waals surface area (Å²) in [6.45, 7) is 13.6. The molecule has 0 saturated carbocycles. The molecule has 1 N–H and O–H groups in total. The number of nitrogens with zero attached hydrogens (tertiary/aromatic N) is 1. The van der Waals surface area contributed by atoms with Crippen LogP contribution in [0, 0.1) is 12.3 Å². The van der Waals surface area contributed by atoms with Crippen LogP contribution in [0.4, 0.5) is 0 Å². The molecule has 18 heavy (non-hydrogen) atoms. The van der Waals surface area contributed by atoms with E-state index in [2.05, 4.69) is 62.2 Å². The van der Waals surface area contributed by atoms with Crippen LogP contribution in [0.5, 0.6) is 0 Å². The van der Waals surface area contributed by atoms with E-state index in [1.54, 1.807) is 0 Å². The molecule has 1 aliphatic heterocycles. The van der Waals surface area contributed by atoms with E-state index in [1.165, 1.54) is 11.1 Å². The van der Waals surface area contributed by atoms with Gasteiger partial charge >= 0.3 is 0 Å². The van der Waals surface area contributed by atoms with Crippen molar-refractivity contribution in [1.29, 1.82) is 0 Å². The number of nitrogens with one attached hydrogen (secondary N) is 1. The predicted molar refractivity (Wildman–Crippen MR) is 77.7 cm³/mol. The average Bonchev–Trinajstić information content (AvgIpc) is 2.42. The third-order valence-corrected chi connectivity index (χ3v) is 3.80. The molecule has 1 atom stereocenters. The smallest absolute Gasteiger partial charge is 0.0237 e. The molecule has 0 aliphatic carbocycles. The van der Waals surface area contributed by atoms with Crippen molar-refractivity contribution >= 4 is 0 Å². The van der Waals surface area contributed by atoms with Gasteiger partial charge in [-0.3, -0.25) is 4.90 Å². The third kappa shape index (κ3) is 3.56. The lowest BCUT2D eigenvalue weighted by Crippen LogP contribution is -2.39. The highest BCUT2D eigenvalue weighted by molar-refractivity contribution is 5.21. The summed E-state index contributed by atoms with van der Waals surface area (Å²) >= 11 is 0. The Labute approximate surface area is 111 Å². The first-order valence-electron chi connectivity index (χ1n) is 6.97. The normalized spacial score (nSPS) is 24.8. The maximum atomic E-state index is 3.57. The first-order chi connectivity index (χ1) is 8.46. The van der Waals surface area contributed by atoms with Gasteiger partial charge in [-0.05, 0) is 24.8 Å². The van der Waals surface area contributed by atoms with Crippen LogP contribution in [0.1, 0.15) is 31.9 Å². The number of hydrogen-bond donors (Lipinski definition) is 1. The van der Waals surface area contributed by atoms with Crippen LogP contribution in [-0.4, -0.2) is 30.6 Å². The van der Waals surface area contributed by atoms with Crippen molar-refractivity contribution in [1.82, 2.24) is 10.2 Å². The minimum absolute atomic E-state index is 0.357. The van der Waals surface area contributed by atoms with Crippen LogP contribution in [0.15, 0.2) is 24.3 Å². The molecule has 1 heterocycles. The van der Waals surface area contributed by atoms with E-state index in [1.807, 2.05) is 0 Å². The van der Waals surface area contributed by atoms with Crippen molar-refractivity contribution in [2.45, 2.75) is 40.3 Å². The van der Waals surface area contributed by atoms with Crippen molar-refractivity contribution < 1.29 is 0 Å². The molecule has 0 aromatic heterocycles. The summed E-state index contributed by atoms with van der Waals surface area (Å²) in [6.07, 6.45) is 0. The van der Waals surface area contributed by atoms with E-state index in [0.29, 0.717) is 11.5 Å². The van der Waals surface area contributed by atoms with Gasteiger partial charge in [-0.1, -0.05) is 43.7 Å². The number of hydrogen-bond acceptors (Lipinski definition) is 2. The molecular formula is C16H26N2. The van der Waals surface area contributed by atoms with E-state index in [4.69, 9.17) is 0 Å². The van der Waals surface area contributed by atoms with Crippen molar-refractivity contribution in [2.24, 2.45) is 5.41 Å². The number of benzene rings is 1. The lowest BCUT2D eigenvalue weighted by atomic mass is 9.93. The Kier molecular flexibility index (Phi) is 4.08. The lowest BCUT2D eigenvalue weighted by molar-refractivity contribution is 0.158. The summed E-state index contributed by atoms with van der Waals surface area (Å²) in [5.41, 5.74) is 3.12. The molecule has 1 unspecified atom stereocenters. The van der Waals surface area contributed by atoms with Gasteiger partial charge in [-0.15, -0.1) is 0 Å². The van der Waals surface area contributed by atoms with E-state index in [0.717, 1.165) is 26.2 Å². The Morgan fingerprint density at radius 3 is 2.61 bits per heavy atom. The van der Waals surface area contributed by atoms with Crippen LogP contribution < -0.4 is 5.32 Å². The standard InChI is InChI=1S/C16H26N2/c1-13-5-7-15(8-6-13)10-18-12-16(3,4)11-17-9-14(18)2/h5-8,14,17H,9-12H2,1-4H3. The Hall–Kier alpha value is -0.860. The van der Waals surface area contributed by atoms with Gasteiger partial charge in [0.15, 0.2) is 0 Å². The summed E-state index contributed by atoms with van der Waals surface area (Å²) in [5, 5.41) is 3.57. The second-order valence-electron chi connectivity index (χ2n) is 6.53. The monoisotopic (exact) mass is 246 g/mol. The second kappa shape index (κ2) is 5.41. The molecule has 0 spiro atoms. The largest absolute Gasteiger partial charge is 0.315 e. The topological polar surface area (TPSA) is 15.3 Å². The minimum atomic E-state index is 0.357. The van der Waals surface area contributed by atoms with Crippen LogP contribution in [-0.2, 0) is 6.54 Å². The van der Waals surface area contributed by atoms with E-state index in [-0.39, 0.29) is 0 Å². The van der Waals surface area contributed by atoms with Crippen LogP contribution in [0.3, 0.4) is 0 Å². The third-order valence-electron chi connectivity index (χ3n) is 3.80. The van der Waals surface area contributed by atoms with Gasteiger partial charge in [0.2, 0.25) is 0 Å². The van der Waals surface area contributed by atoms with Gasteiger partial charge in [-0.25, -0.2) is 0 Å². The minimum Gasteiger partial charge on any atom is -0.315 e. The average molecular weight is 246 g/mol. The molecule has 1 aromatic rings.